The first-order chi connectivity index (χ1) is 11.3. The van der Waals surface area contributed by atoms with Gasteiger partial charge in [0, 0.05) is 13.7 Å². The number of hydrogen-bond acceptors (Lipinski definition) is 6. The van der Waals surface area contributed by atoms with Gasteiger partial charge in [0.2, 0.25) is 5.82 Å². The van der Waals surface area contributed by atoms with Crippen molar-refractivity contribution in [2.45, 2.75) is 38.6 Å². The zero-order valence-corrected chi connectivity index (χ0v) is 13.5. The van der Waals surface area contributed by atoms with Crippen molar-refractivity contribution in [2.75, 3.05) is 26.9 Å². The van der Waals surface area contributed by atoms with E-state index in [-0.39, 0.29) is 0 Å². The lowest BCUT2D eigenvalue weighted by Crippen LogP contribution is -3.10. The van der Waals surface area contributed by atoms with Crippen molar-refractivity contribution in [1.82, 2.24) is 20.2 Å². The van der Waals surface area contributed by atoms with Crippen molar-refractivity contribution < 1.29 is 18.8 Å². The van der Waals surface area contributed by atoms with Crippen LogP contribution in [0.2, 0.25) is 0 Å². The van der Waals surface area contributed by atoms with E-state index >= 15 is 0 Å². The Bertz CT molecular complexity index is 565. The van der Waals surface area contributed by atoms with Gasteiger partial charge in [-0.05, 0) is 35.4 Å². The standard InChI is InChI=1S/C15H23N5O3/c1-21-9-6-20-15(16-17-18-20)12-19(10-13-4-2-7-22-13)11-14-5-3-8-23-14/h2,4,7,14H,3,5-6,8-12H2,1H3/p+1/t14-/m0/s1. The van der Waals surface area contributed by atoms with Gasteiger partial charge >= 0.3 is 0 Å². The zero-order chi connectivity index (χ0) is 15.9. The molecule has 0 spiro atoms. The Morgan fingerprint density at radius 3 is 3.13 bits per heavy atom. The van der Waals surface area contributed by atoms with Gasteiger partial charge < -0.3 is 18.8 Å². The van der Waals surface area contributed by atoms with E-state index in [0.717, 1.165) is 50.7 Å². The molecule has 1 aliphatic heterocycles. The van der Waals surface area contributed by atoms with Gasteiger partial charge in [-0.1, -0.05) is 0 Å². The maximum atomic E-state index is 5.79. The van der Waals surface area contributed by atoms with Crippen LogP contribution in [0.1, 0.15) is 24.4 Å². The minimum absolute atomic E-state index is 0.309. The summed E-state index contributed by atoms with van der Waals surface area (Å²) in [7, 11) is 1.68. The Balaban J connectivity index is 1.65. The molecule has 1 N–H and O–H groups in total. The number of aromatic nitrogens is 4. The Labute approximate surface area is 135 Å². The third-order valence-electron chi connectivity index (χ3n) is 4.07. The third kappa shape index (κ3) is 4.60. The number of ether oxygens (including phenoxy) is 2. The molecule has 1 saturated heterocycles. The molecule has 0 aliphatic carbocycles. The van der Waals surface area contributed by atoms with Crippen LogP contribution in [0, 0.1) is 0 Å². The van der Waals surface area contributed by atoms with Gasteiger partial charge in [0.15, 0.2) is 5.76 Å². The average Bonchev–Trinajstić information content (AvgIpc) is 3.28. The quantitative estimate of drug-likeness (QED) is 0.681. The highest BCUT2D eigenvalue weighted by Gasteiger charge is 2.24. The fourth-order valence-electron chi connectivity index (χ4n) is 2.92. The highest BCUT2D eigenvalue weighted by Crippen LogP contribution is 2.10. The number of furan rings is 1. The van der Waals surface area contributed by atoms with Crippen LogP contribution in [0.15, 0.2) is 22.8 Å². The highest BCUT2D eigenvalue weighted by molar-refractivity contribution is 4.95. The third-order valence-corrected chi connectivity index (χ3v) is 4.07. The van der Waals surface area contributed by atoms with Crippen LogP contribution in [0.4, 0.5) is 0 Å². The van der Waals surface area contributed by atoms with Crippen LogP contribution in [0.3, 0.4) is 0 Å². The molecule has 8 heteroatoms. The fraction of sp³-hybridized carbons (Fsp3) is 0.667. The van der Waals surface area contributed by atoms with Crippen molar-refractivity contribution >= 4 is 0 Å². The lowest BCUT2D eigenvalue weighted by Gasteiger charge is -2.21. The predicted octanol–water partition coefficient (Wildman–Crippen LogP) is -0.323. The first kappa shape index (κ1) is 16.1. The number of quaternary nitrogens is 1. The summed E-state index contributed by atoms with van der Waals surface area (Å²) in [5.74, 6) is 1.83. The first-order valence-corrected chi connectivity index (χ1v) is 8.06. The van der Waals surface area contributed by atoms with Crippen molar-refractivity contribution in [1.29, 1.82) is 0 Å². The summed E-state index contributed by atoms with van der Waals surface area (Å²) in [6.07, 6.45) is 4.28. The molecule has 0 aromatic carbocycles. The monoisotopic (exact) mass is 322 g/mol. The van der Waals surface area contributed by atoms with Crippen LogP contribution in [0.5, 0.6) is 0 Å². The molecule has 126 valence electrons. The number of nitrogens with one attached hydrogen (secondary N) is 1. The van der Waals surface area contributed by atoms with Gasteiger partial charge in [0.25, 0.3) is 0 Å². The molecule has 0 amide bonds. The summed E-state index contributed by atoms with van der Waals surface area (Å²) in [6, 6.07) is 3.92. The van der Waals surface area contributed by atoms with E-state index in [9.17, 15) is 0 Å². The molecule has 3 rings (SSSR count). The van der Waals surface area contributed by atoms with Crippen molar-refractivity contribution in [3.63, 3.8) is 0 Å². The Hall–Kier alpha value is -1.77. The first-order valence-electron chi connectivity index (χ1n) is 8.06. The fourth-order valence-corrected chi connectivity index (χ4v) is 2.92. The molecule has 8 nitrogen and oxygen atoms in total. The van der Waals surface area contributed by atoms with E-state index in [2.05, 4.69) is 15.5 Å². The second kappa shape index (κ2) is 8.19. The average molecular weight is 322 g/mol. The number of tetrazole rings is 1. The van der Waals surface area contributed by atoms with Gasteiger partial charge in [-0.3, -0.25) is 0 Å². The molecule has 0 bridgehead atoms. The predicted molar refractivity (Wildman–Crippen MR) is 80.6 cm³/mol. The lowest BCUT2D eigenvalue weighted by atomic mass is 10.2. The Morgan fingerprint density at radius 2 is 2.39 bits per heavy atom. The summed E-state index contributed by atoms with van der Waals surface area (Å²) >= 11 is 0. The maximum absolute atomic E-state index is 5.79. The van der Waals surface area contributed by atoms with Gasteiger partial charge in [0.05, 0.1) is 19.4 Å². The van der Waals surface area contributed by atoms with E-state index < -0.39 is 0 Å². The molecule has 2 atom stereocenters. The van der Waals surface area contributed by atoms with Crippen LogP contribution in [0.25, 0.3) is 0 Å². The topological polar surface area (TPSA) is 79.6 Å². The molecular formula is C15H24N5O3+. The summed E-state index contributed by atoms with van der Waals surface area (Å²) in [6.45, 7) is 4.58. The number of hydrogen-bond donors (Lipinski definition) is 1. The minimum atomic E-state index is 0.309. The van der Waals surface area contributed by atoms with E-state index in [0.29, 0.717) is 19.3 Å². The normalized spacial score (nSPS) is 19.3. The molecule has 2 aromatic heterocycles. The number of rotatable bonds is 9. The molecule has 0 saturated carbocycles. The summed E-state index contributed by atoms with van der Waals surface area (Å²) in [5.41, 5.74) is 0. The molecule has 1 fully saturated rings. The van der Waals surface area contributed by atoms with E-state index in [1.807, 2.05) is 12.1 Å². The van der Waals surface area contributed by atoms with Gasteiger partial charge in [-0.2, -0.15) is 0 Å². The highest BCUT2D eigenvalue weighted by atomic mass is 16.5. The van der Waals surface area contributed by atoms with Crippen LogP contribution >= 0.6 is 0 Å². The zero-order valence-electron chi connectivity index (χ0n) is 13.5. The van der Waals surface area contributed by atoms with Crippen LogP contribution in [-0.4, -0.2) is 53.2 Å². The van der Waals surface area contributed by atoms with E-state index in [4.69, 9.17) is 13.9 Å². The minimum Gasteiger partial charge on any atom is -0.463 e. The Kier molecular flexibility index (Phi) is 5.73. The molecule has 2 aromatic rings. The Morgan fingerprint density at radius 1 is 1.43 bits per heavy atom. The lowest BCUT2D eigenvalue weighted by molar-refractivity contribution is -0.932. The molecular weight excluding hydrogens is 298 g/mol. The molecule has 23 heavy (non-hydrogen) atoms. The van der Waals surface area contributed by atoms with Gasteiger partial charge in [0.1, 0.15) is 25.7 Å². The van der Waals surface area contributed by atoms with Gasteiger partial charge in [-0.15, -0.1) is 5.10 Å². The van der Waals surface area contributed by atoms with E-state index in [1.165, 1.54) is 4.90 Å². The van der Waals surface area contributed by atoms with Crippen molar-refractivity contribution in [3.05, 3.63) is 30.0 Å². The van der Waals surface area contributed by atoms with Crippen LogP contribution < -0.4 is 4.90 Å². The molecule has 1 aliphatic rings. The van der Waals surface area contributed by atoms with Crippen molar-refractivity contribution in [2.24, 2.45) is 0 Å². The summed E-state index contributed by atoms with van der Waals surface area (Å²) in [4.78, 5) is 1.33. The molecule has 3 heterocycles. The van der Waals surface area contributed by atoms with Crippen molar-refractivity contribution in [3.8, 4) is 0 Å². The second-order valence-corrected chi connectivity index (χ2v) is 5.83. The SMILES string of the molecule is COCCn1nnnc1C[NH+](Cc1ccco1)C[C@@H]1CCCO1. The largest absolute Gasteiger partial charge is 0.463 e. The maximum Gasteiger partial charge on any atom is 0.206 e. The summed E-state index contributed by atoms with van der Waals surface area (Å²) < 4.78 is 18.2. The van der Waals surface area contributed by atoms with Gasteiger partial charge in [-0.25, -0.2) is 4.68 Å². The number of nitrogens with zero attached hydrogens (tertiary/aromatic N) is 4. The molecule has 1 unspecified atom stereocenters. The second-order valence-electron chi connectivity index (χ2n) is 5.83. The smallest absolute Gasteiger partial charge is 0.206 e. The van der Waals surface area contributed by atoms with E-state index in [1.54, 1.807) is 18.1 Å². The number of methoxy groups -OCH3 is 1. The molecule has 0 radical (unpaired) electrons. The van der Waals surface area contributed by atoms with Crippen LogP contribution in [-0.2, 0) is 29.1 Å². The summed E-state index contributed by atoms with van der Waals surface area (Å²) in [5, 5.41) is 12.0.